The maximum atomic E-state index is 2.47. The second kappa shape index (κ2) is 15.1. The van der Waals surface area contributed by atoms with Gasteiger partial charge in [-0.05, 0) is 110 Å². The highest BCUT2D eigenvalue weighted by Gasteiger charge is 2.46. The van der Waals surface area contributed by atoms with E-state index in [0.29, 0.717) is 0 Å². The summed E-state index contributed by atoms with van der Waals surface area (Å²) in [4.78, 5) is 4.82. The van der Waals surface area contributed by atoms with Gasteiger partial charge in [-0.15, -0.1) is 0 Å². The van der Waals surface area contributed by atoms with E-state index in [4.69, 9.17) is 0 Å². The minimum absolute atomic E-state index is 0.247. The molecule has 0 bridgehead atoms. The summed E-state index contributed by atoms with van der Waals surface area (Å²) in [6, 6.07) is 84.1. The summed E-state index contributed by atoms with van der Waals surface area (Å²) in [5.41, 5.74) is 18.9. The van der Waals surface area contributed by atoms with Crippen LogP contribution in [0.5, 0.6) is 0 Å². The smallest absolute Gasteiger partial charge is 0.0713 e. The van der Waals surface area contributed by atoms with Gasteiger partial charge in [-0.1, -0.05) is 202 Å². The molecule has 0 amide bonds. The van der Waals surface area contributed by atoms with Gasteiger partial charge in [0.15, 0.2) is 0 Å². The lowest BCUT2D eigenvalue weighted by Gasteiger charge is -2.43. The molecular weight excluding hydrogens is 749 g/mol. The summed E-state index contributed by atoms with van der Waals surface area (Å²) in [7, 11) is 0. The van der Waals surface area contributed by atoms with E-state index in [9.17, 15) is 0 Å². The zero-order valence-electron chi connectivity index (χ0n) is 35.0. The van der Waals surface area contributed by atoms with Crippen LogP contribution in [-0.2, 0) is 10.8 Å². The van der Waals surface area contributed by atoms with Crippen molar-refractivity contribution in [2.75, 3.05) is 9.80 Å². The molecule has 0 saturated heterocycles. The summed E-state index contributed by atoms with van der Waals surface area (Å²) in [6.45, 7) is 4.73. The molecule has 9 aromatic rings. The van der Waals surface area contributed by atoms with Crippen molar-refractivity contribution in [3.63, 3.8) is 0 Å². The molecule has 0 N–H and O–H groups in total. The van der Waals surface area contributed by atoms with Gasteiger partial charge in [0.05, 0.1) is 16.8 Å². The Bertz CT molecular complexity index is 3000. The molecule has 2 nitrogen and oxygen atoms in total. The Morgan fingerprint density at radius 1 is 0.403 bits per heavy atom. The fourth-order valence-electron chi connectivity index (χ4n) is 10.3. The fraction of sp³-hybridized carbons (Fsp3) is 0.0667. The molecule has 0 saturated carbocycles. The van der Waals surface area contributed by atoms with Crippen LogP contribution in [0.15, 0.2) is 231 Å². The van der Waals surface area contributed by atoms with Crippen LogP contribution in [0, 0.1) is 0 Å². The second-order valence-corrected chi connectivity index (χ2v) is 16.9. The van der Waals surface area contributed by atoms with E-state index in [0.717, 1.165) is 28.3 Å². The van der Waals surface area contributed by atoms with E-state index in [1.165, 1.54) is 61.4 Å². The quantitative estimate of drug-likeness (QED) is 0.141. The summed E-state index contributed by atoms with van der Waals surface area (Å²) in [6.07, 6.45) is 4.63. The molecule has 0 spiro atoms. The zero-order valence-corrected chi connectivity index (χ0v) is 35.0. The average molecular weight is 795 g/mol. The van der Waals surface area contributed by atoms with Crippen molar-refractivity contribution in [1.29, 1.82) is 0 Å². The highest BCUT2D eigenvalue weighted by Crippen LogP contribution is 2.58. The van der Waals surface area contributed by atoms with Crippen molar-refractivity contribution >= 4 is 46.3 Å². The van der Waals surface area contributed by atoms with Crippen molar-refractivity contribution in [3.8, 4) is 11.1 Å². The SMILES string of the molecule is CC1(C)c2ccc(C=Cc3cccc4c3-c3ccccc3C4(c3ccccc3)c3ccccc3)cc2N(c2ccccc2)c2cc(N(c3ccccc3)c3ccccc3)ccc21. The molecule has 296 valence electrons. The standard InChI is InChI=1S/C60H46N2/c1-59(2)53-39-36-43(35-37-44-21-20-34-55-58(44)51-32-18-19-33-52(51)60(55,45-22-8-3-9-23-45)46-24-10-4-11-25-46)41-56(53)62(49-30-16-7-17-31-49)57-42-50(38-40-54(57)59)61(47-26-12-5-13-27-47)48-28-14-6-15-29-48/h3-42H,1-2H3. The molecule has 2 aliphatic rings. The minimum Gasteiger partial charge on any atom is -0.310 e. The van der Waals surface area contributed by atoms with Crippen molar-refractivity contribution in [3.05, 3.63) is 275 Å². The van der Waals surface area contributed by atoms with Crippen LogP contribution in [-0.4, -0.2) is 0 Å². The number of hydrogen-bond donors (Lipinski definition) is 0. The van der Waals surface area contributed by atoms with E-state index in [1.807, 2.05) is 0 Å². The second-order valence-electron chi connectivity index (χ2n) is 16.9. The fourth-order valence-corrected chi connectivity index (χ4v) is 10.3. The van der Waals surface area contributed by atoms with Gasteiger partial charge in [0, 0.05) is 28.2 Å². The Morgan fingerprint density at radius 2 is 0.919 bits per heavy atom. The molecule has 9 aromatic carbocycles. The lowest BCUT2D eigenvalue weighted by molar-refractivity contribution is 0.632. The van der Waals surface area contributed by atoms with Gasteiger partial charge in [-0.25, -0.2) is 0 Å². The van der Waals surface area contributed by atoms with Gasteiger partial charge in [0.1, 0.15) is 0 Å². The third-order valence-electron chi connectivity index (χ3n) is 13.1. The van der Waals surface area contributed by atoms with Gasteiger partial charge < -0.3 is 9.80 Å². The molecule has 2 heteroatoms. The van der Waals surface area contributed by atoms with Crippen molar-refractivity contribution in [2.24, 2.45) is 0 Å². The normalized spacial score (nSPS) is 14.1. The first-order chi connectivity index (χ1) is 30.5. The first kappa shape index (κ1) is 37.3. The molecule has 0 aromatic heterocycles. The van der Waals surface area contributed by atoms with Crippen LogP contribution >= 0.6 is 0 Å². The zero-order chi connectivity index (χ0) is 41.7. The lowest BCUT2D eigenvalue weighted by atomic mass is 9.67. The van der Waals surface area contributed by atoms with Crippen LogP contribution in [0.1, 0.15) is 58.4 Å². The minimum atomic E-state index is -0.436. The maximum Gasteiger partial charge on any atom is 0.0713 e. The van der Waals surface area contributed by atoms with Gasteiger partial charge in [-0.3, -0.25) is 0 Å². The first-order valence-corrected chi connectivity index (χ1v) is 21.6. The topological polar surface area (TPSA) is 6.48 Å². The predicted octanol–water partition coefficient (Wildman–Crippen LogP) is 15.8. The molecule has 0 atom stereocenters. The van der Waals surface area contributed by atoms with Crippen LogP contribution in [0.2, 0.25) is 0 Å². The van der Waals surface area contributed by atoms with E-state index in [-0.39, 0.29) is 5.41 Å². The van der Waals surface area contributed by atoms with Crippen LogP contribution in [0.3, 0.4) is 0 Å². The van der Waals surface area contributed by atoms with E-state index in [1.54, 1.807) is 0 Å². The highest BCUT2D eigenvalue weighted by molar-refractivity contribution is 5.94. The first-order valence-electron chi connectivity index (χ1n) is 21.6. The van der Waals surface area contributed by atoms with Crippen LogP contribution in [0.25, 0.3) is 23.3 Å². The molecule has 11 rings (SSSR count). The highest BCUT2D eigenvalue weighted by atomic mass is 15.2. The summed E-state index contributed by atoms with van der Waals surface area (Å²) in [5.74, 6) is 0. The molecule has 62 heavy (non-hydrogen) atoms. The molecular formula is C60H46N2. The molecule has 0 radical (unpaired) electrons. The Morgan fingerprint density at radius 3 is 1.55 bits per heavy atom. The Hall–Kier alpha value is -7.68. The predicted molar refractivity (Wildman–Crippen MR) is 261 cm³/mol. The van der Waals surface area contributed by atoms with Crippen molar-refractivity contribution in [2.45, 2.75) is 24.7 Å². The van der Waals surface area contributed by atoms with Crippen LogP contribution < -0.4 is 9.80 Å². The number of benzene rings is 9. The monoisotopic (exact) mass is 794 g/mol. The van der Waals surface area contributed by atoms with Gasteiger partial charge in [-0.2, -0.15) is 0 Å². The summed E-state index contributed by atoms with van der Waals surface area (Å²) >= 11 is 0. The van der Waals surface area contributed by atoms with E-state index >= 15 is 0 Å². The van der Waals surface area contributed by atoms with E-state index in [2.05, 4.69) is 266 Å². The number of hydrogen-bond acceptors (Lipinski definition) is 2. The Balaban J connectivity index is 1.06. The summed E-state index contributed by atoms with van der Waals surface area (Å²) in [5, 5.41) is 0. The number of fused-ring (bicyclic) bond motifs is 5. The third kappa shape index (κ3) is 5.94. The van der Waals surface area contributed by atoms with Crippen LogP contribution in [0.4, 0.5) is 34.1 Å². The Labute approximate surface area is 365 Å². The maximum absolute atomic E-state index is 2.47. The lowest BCUT2D eigenvalue weighted by Crippen LogP contribution is -2.31. The Kier molecular flexibility index (Phi) is 9.09. The molecule has 1 aliphatic heterocycles. The van der Waals surface area contributed by atoms with Gasteiger partial charge >= 0.3 is 0 Å². The largest absolute Gasteiger partial charge is 0.310 e. The molecule has 1 heterocycles. The molecule has 0 fully saturated rings. The average Bonchev–Trinajstić information content (AvgIpc) is 3.64. The van der Waals surface area contributed by atoms with E-state index < -0.39 is 5.41 Å². The number of rotatable bonds is 8. The number of para-hydroxylation sites is 3. The molecule has 0 unspecified atom stereocenters. The molecule has 1 aliphatic carbocycles. The summed E-state index contributed by atoms with van der Waals surface area (Å²) < 4.78 is 0. The third-order valence-corrected chi connectivity index (χ3v) is 13.1. The van der Waals surface area contributed by atoms with Crippen molar-refractivity contribution in [1.82, 2.24) is 0 Å². The van der Waals surface area contributed by atoms with Gasteiger partial charge in [0.2, 0.25) is 0 Å². The van der Waals surface area contributed by atoms with Gasteiger partial charge in [0.25, 0.3) is 0 Å². The number of anilines is 6. The number of nitrogens with zero attached hydrogens (tertiary/aromatic N) is 2. The van der Waals surface area contributed by atoms with Crippen molar-refractivity contribution < 1.29 is 0 Å².